The Balaban J connectivity index is 1.71. The lowest BCUT2D eigenvalue weighted by atomic mass is 10.2. The van der Waals surface area contributed by atoms with Crippen molar-refractivity contribution in [2.75, 3.05) is 11.9 Å². The Morgan fingerprint density at radius 1 is 1.30 bits per heavy atom. The molecule has 1 aromatic heterocycles. The van der Waals surface area contributed by atoms with Crippen molar-refractivity contribution in [2.24, 2.45) is 0 Å². The average Bonchev–Trinajstić information content (AvgIpc) is 3.10. The molecule has 27 heavy (non-hydrogen) atoms. The zero-order chi connectivity index (χ0) is 19.2. The smallest absolute Gasteiger partial charge is 0.322 e. The Labute approximate surface area is 162 Å². The number of hydrogen-bond donors (Lipinski definition) is 1. The molecule has 6 nitrogen and oxygen atoms in total. The summed E-state index contributed by atoms with van der Waals surface area (Å²) in [6.07, 6.45) is 1.65. The fourth-order valence-corrected chi connectivity index (χ4v) is 2.63. The molecule has 0 saturated carbocycles. The summed E-state index contributed by atoms with van der Waals surface area (Å²) in [7, 11) is 0. The Kier molecular flexibility index (Phi) is 5.88. The number of aromatic nitrogens is 2. The van der Waals surface area contributed by atoms with E-state index in [0.29, 0.717) is 23.3 Å². The topological polar surface area (TPSA) is 71.3 Å². The van der Waals surface area contributed by atoms with E-state index in [9.17, 15) is 4.79 Å². The van der Waals surface area contributed by atoms with Crippen LogP contribution in [0.15, 0.2) is 65.7 Å². The molecule has 0 unspecified atom stereocenters. The summed E-state index contributed by atoms with van der Waals surface area (Å²) < 4.78 is 5.30. The van der Waals surface area contributed by atoms with Gasteiger partial charge in [0.1, 0.15) is 6.54 Å². The number of anilines is 1. The van der Waals surface area contributed by atoms with Gasteiger partial charge in [0, 0.05) is 22.8 Å². The highest BCUT2D eigenvalue weighted by Crippen LogP contribution is 2.19. The molecule has 0 fully saturated rings. The van der Waals surface area contributed by atoms with E-state index in [1.54, 1.807) is 18.2 Å². The second kappa shape index (κ2) is 8.51. The third kappa shape index (κ3) is 4.95. The number of amides is 2. The first kappa shape index (κ1) is 18.7. The molecule has 138 valence electrons. The van der Waals surface area contributed by atoms with Crippen LogP contribution in [-0.4, -0.2) is 27.6 Å². The molecule has 1 N–H and O–H groups in total. The lowest BCUT2D eigenvalue weighted by molar-refractivity contribution is 0.206. The highest BCUT2D eigenvalue weighted by Gasteiger charge is 2.17. The predicted octanol–water partition coefficient (Wildman–Crippen LogP) is 4.92. The van der Waals surface area contributed by atoms with Crippen LogP contribution >= 0.6 is 11.6 Å². The van der Waals surface area contributed by atoms with Gasteiger partial charge >= 0.3 is 6.03 Å². The van der Waals surface area contributed by atoms with Crippen LogP contribution in [0.25, 0.3) is 11.4 Å². The minimum atomic E-state index is -0.272. The first-order chi connectivity index (χ1) is 13.0. The van der Waals surface area contributed by atoms with Gasteiger partial charge < -0.3 is 14.7 Å². The van der Waals surface area contributed by atoms with E-state index >= 15 is 0 Å². The van der Waals surface area contributed by atoms with Crippen LogP contribution < -0.4 is 5.32 Å². The second-order valence-electron chi connectivity index (χ2n) is 5.99. The fraction of sp³-hybridized carbons (Fsp3) is 0.150. The molecule has 0 atom stereocenters. The number of urea groups is 1. The van der Waals surface area contributed by atoms with E-state index in [2.05, 4.69) is 22.0 Å². The van der Waals surface area contributed by atoms with Crippen LogP contribution in [0.2, 0.25) is 5.02 Å². The Bertz CT molecular complexity index is 937. The van der Waals surface area contributed by atoms with Gasteiger partial charge in [0.2, 0.25) is 11.7 Å². The minimum absolute atomic E-state index is 0.171. The predicted molar refractivity (Wildman–Crippen MR) is 106 cm³/mol. The van der Waals surface area contributed by atoms with Crippen molar-refractivity contribution < 1.29 is 9.32 Å². The number of hydrogen-bond acceptors (Lipinski definition) is 4. The van der Waals surface area contributed by atoms with Gasteiger partial charge in [-0.1, -0.05) is 35.0 Å². The van der Waals surface area contributed by atoms with Crippen molar-refractivity contribution in [2.45, 2.75) is 13.5 Å². The molecular formula is C20H19ClN4O2. The molecule has 0 aliphatic carbocycles. The summed E-state index contributed by atoms with van der Waals surface area (Å²) >= 11 is 5.89. The molecule has 3 rings (SSSR count). The molecule has 2 amide bonds. The number of rotatable bonds is 6. The maximum absolute atomic E-state index is 12.6. The van der Waals surface area contributed by atoms with Gasteiger partial charge in [-0.2, -0.15) is 4.98 Å². The molecule has 1 heterocycles. The number of nitrogens with zero attached hydrogens (tertiary/aromatic N) is 3. The Hall–Kier alpha value is -3.12. The molecule has 3 aromatic rings. The van der Waals surface area contributed by atoms with Crippen LogP contribution in [-0.2, 0) is 6.54 Å². The van der Waals surface area contributed by atoms with Gasteiger partial charge in [-0.3, -0.25) is 0 Å². The molecule has 7 heteroatoms. The maximum atomic E-state index is 12.6. The van der Waals surface area contributed by atoms with E-state index in [1.807, 2.05) is 43.3 Å². The molecule has 0 saturated heterocycles. The van der Waals surface area contributed by atoms with Gasteiger partial charge in [-0.15, -0.1) is 6.58 Å². The minimum Gasteiger partial charge on any atom is -0.337 e. The van der Waals surface area contributed by atoms with Gasteiger partial charge in [0.15, 0.2) is 0 Å². The van der Waals surface area contributed by atoms with Crippen molar-refractivity contribution in [1.29, 1.82) is 0 Å². The molecule has 0 radical (unpaired) electrons. The van der Waals surface area contributed by atoms with Gasteiger partial charge in [0.05, 0.1) is 0 Å². The van der Waals surface area contributed by atoms with E-state index in [1.165, 1.54) is 4.90 Å². The summed E-state index contributed by atoms with van der Waals surface area (Å²) in [6.45, 7) is 6.19. The standard InChI is InChI=1S/C20H19ClN4O2/c1-3-11-25(20(26)22-17-6-4-5-14(2)12-17)13-18-23-19(24-27-18)15-7-9-16(21)10-8-15/h3-10,12H,1,11,13H2,2H3,(H,22,26). The lowest BCUT2D eigenvalue weighted by Crippen LogP contribution is -2.34. The summed E-state index contributed by atoms with van der Waals surface area (Å²) in [5.74, 6) is 0.778. The maximum Gasteiger partial charge on any atom is 0.322 e. The highest BCUT2D eigenvalue weighted by molar-refractivity contribution is 6.30. The van der Waals surface area contributed by atoms with Crippen LogP contribution in [0.1, 0.15) is 11.5 Å². The summed E-state index contributed by atoms with van der Waals surface area (Å²) in [4.78, 5) is 18.5. The van der Waals surface area contributed by atoms with Crippen LogP contribution in [0.5, 0.6) is 0 Å². The van der Waals surface area contributed by atoms with E-state index in [4.69, 9.17) is 16.1 Å². The number of nitrogens with one attached hydrogen (secondary N) is 1. The molecule has 0 bridgehead atoms. The largest absolute Gasteiger partial charge is 0.337 e. The molecule has 0 aliphatic rings. The normalized spacial score (nSPS) is 10.4. The number of halogens is 1. The van der Waals surface area contributed by atoms with Crippen LogP contribution in [0.3, 0.4) is 0 Å². The van der Waals surface area contributed by atoms with Gasteiger partial charge in [-0.05, 0) is 48.9 Å². The highest BCUT2D eigenvalue weighted by atomic mass is 35.5. The monoisotopic (exact) mass is 382 g/mol. The fourth-order valence-electron chi connectivity index (χ4n) is 2.50. The summed E-state index contributed by atoms with van der Waals surface area (Å²) in [5.41, 5.74) is 2.57. The zero-order valence-electron chi connectivity index (χ0n) is 14.9. The van der Waals surface area contributed by atoms with E-state index in [-0.39, 0.29) is 12.6 Å². The van der Waals surface area contributed by atoms with Crippen LogP contribution in [0, 0.1) is 6.92 Å². The second-order valence-corrected chi connectivity index (χ2v) is 6.42. The first-order valence-electron chi connectivity index (χ1n) is 8.37. The first-order valence-corrected chi connectivity index (χ1v) is 8.75. The quantitative estimate of drug-likeness (QED) is 0.614. The number of benzene rings is 2. The Morgan fingerprint density at radius 3 is 2.78 bits per heavy atom. The number of carbonyl (C=O) groups is 1. The van der Waals surface area contributed by atoms with Crippen molar-refractivity contribution in [1.82, 2.24) is 15.0 Å². The summed E-state index contributed by atoms with van der Waals surface area (Å²) in [6, 6.07) is 14.4. The van der Waals surface area contributed by atoms with E-state index in [0.717, 1.165) is 16.8 Å². The zero-order valence-corrected chi connectivity index (χ0v) is 15.6. The van der Waals surface area contributed by atoms with Crippen molar-refractivity contribution in [3.8, 4) is 11.4 Å². The van der Waals surface area contributed by atoms with Gasteiger partial charge in [-0.25, -0.2) is 4.79 Å². The SMILES string of the molecule is C=CCN(Cc1nc(-c2ccc(Cl)cc2)no1)C(=O)Nc1cccc(C)c1. The number of aryl methyl sites for hydroxylation is 1. The molecular weight excluding hydrogens is 364 g/mol. The summed E-state index contributed by atoms with van der Waals surface area (Å²) in [5, 5.41) is 7.47. The van der Waals surface area contributed by atoms with Crippen molar-refractivity contribution >= 4 is 23.3 Å². The average molecular weight is 383 g/mol. The van der Waals surface area contributed by atoms with E-state index < -0.39 is 0 Å². The van der Waals surface area contributed by atoms with Crippen molar-refractivity contribution in [3.05, 3.63) is 77.7 Å². The van der Waals surface area contributed by atoms with Crippen LogP contribution in [0.4, 0.5) is 10.5 Å². The molecule has 2 aromatic carbocycles. The lowest BCUT2D eigenvalue weighted by Gasteiger charge is -2.19. The third-order valence-electron chi connectivity index (χ3n) is 3.80. The van der Waals surface area contributed by atoms with Gasteiger partial charge in [0.25, 0.3) is 0 Å². The molecule has 0 aliphatic heterocycles. The Morgan fingerprint density at radius 2 is 2.07 bits per heavy atom. The van der Waals surface area contributed by atoms with Crippen molar-refractivity contribution in [3.63, 3.8) is 0 Å². The molecule has 0 spiro atoms. The number of carbonyl (C=O) groups excluding carboxylic acids is 1. The third-order valence-corrected chi connectivity index (χ3v) is 4.05.